The van der Waals surface area contributed by atoms with Crippen LogP contribution in [0.4, 0.5) is 13.2 Å². The largest absolute Gasteiger partial charge is 0.501 e. The second-order valence-corrected chi connectivity index (χ2v) is 9.73. The average Bonchev–Trinajstić information content (AvgIpc) is 2.86. The van der Waals surface area contributed by atoms with Gasteiger partial charge in [0.1, 0.15) is 17.6 Å². The van der Waals surface area contributed by atoms with Crippen molar-refractivity contribution in [3.05, 3.63) is 90.0 Å². The van der Waals surface area contributed by atoms with Crippen LogP contribution in [0.2, 0.25) is 0 Å². The average molecular weight is 518 g/mol. The van der Waals surface area contributed by atoms with Gasteiger partial charge in [0.25, 0.3) is 9.84 Å². The highest BCUT2D eigenvalue weighted by atomic mass is 32.2. The number of carbonyl (C=O) groups excluding carboxylic acids is 1. The van der Waals surface area contributed by atoms with Crippen LogP contribution in [-0.2, 0) is 19.4 Å². The third-order valence-electron chi connectivity index (χ3n) is 5.25. The molecule has 3 aromatic carbocycles. The van der Waals surface area contributed by atoms with Crippen molar-refractivity contribution in [3.63, 3.8) is 0 Å². The molecule has 2 unspecified atom stereocenters. The van der Waals surface area contributed by atoms with E-state index in [-0.39, 0.29) is 12.0 Å². The fourth-order valence-electron chi connectivity index (χ4n) is 3.46. The fraction of sp³-hybridized carbons (Fsp3) is 0.231. The van der Waals surface area contributed by atoms with Crippen LogP contribution in [0.1, 0.15) is 42.9 Å². The van der Waals surface area contributed by atoms with Crippen LogP contribution in [0.3, 0.4) is 0 Å². The third kappa shape index (κ3) is 6.23. The van der Waals surface area contributed by atoms with E-state index in [2.05, 4.69) is 0 Å². The molecular weight excluding hydrogens is 495 g/mol. The molecule has 3 rings (SSSR count). The van der Waals surface area contributed by atoms with Crippen molar-refractivity contribution >= 4 is 15.8 Å². The number of halogens is 3. The first-order chi connectivity index (χ1) is 17.1. The molecule has 3 aromatic rings. The highest BCUT2D eigenvalue weighted by Crippen LogP contribution is 2.33. The summed E-state index contributed by atoms with van der Waals surface area (Å²) in [6.45, 7) is 1.80. The molecule has 0 bridgehead atoms. The second kappa shape index (κ2) is 11.3. The number of ether oxygens (including phenoxy) is 2. The summed E-state index contributed by atoms with van der Waals surface area (Å²) in [5.41, 5.74) is -4.78. The fourth-order valence-corrected chi connectivity index (χ4v) is 4.22. The zero-order valence-corrected chi connectivity index (χ0v) is 19.9. The molecule has 0 heterocycles. The van der Waals surface area contributed by atoms with E-state index in [1.54, 1.807) is 55.5 Å². The molecule has 0 spiro atoms. The van der Waals surface area contributed by atoms with Gasteiger partial charge in [0.05, 0.1) is 10.8 Å². The number of rotatable bonds is 9. The summed E-state index contributed by atoms with van der Waals surface area (Å²) in [4.78, 5) is 12.1. The van der Waals surface area contributed by atoms with Gasteiger partial charge in [0, 0.05) is 5.56 Å². The number of sulfone groups is 1. The smallest absolute Gasteiger partial charge is 0.457 e. The molecule has 0 saturated carbocycles. The summed E-state index contributed by atoms with van der Waals surface area (Å²) in [6, 6.07) is 21.3. The van der Waals surface area contributed by atoms with Gasteiger partial charge in [-0.25, -0.2) is 8.42 Å². The summed E-state index contributed by atoms with van der Waals surface area (Å²) < 4.78 is 72.9. The summed E-state index contributed by atoms with van der Waals surface area (Å²) in [7, 11) is -5.51. The van der Waals surface area contributed by atoms with E-state index in [9.17, 15) is 31.6 Å². The van der Waals surface area contributed by atoms with Crippen LogP contribution in [0.25, 0.3) is 0 Å². The minimum absolute atomic E-state index is 0.277. The number of para-hydroxylation sites is 1. The molecule has 0 aliphatic carbocycles. The van der Waals surface area contributed by atoms with Crippen molar-refractivity contribution < 1.29 is 35.9 Å². The Morgan fingerprint density at radius 2 is 1.58 bits per heavy atom. The van der Waals surface area contributed by atoms with E-state index >= 15 is 0 Å². The Morgan fingerprint density at radius 1 is 0.944 bits per heavy atom. The van der Waals surface area contributed by atoms with E-state index in [0.29, 0.717) is 23.5 Å². The van der Waals surface area contributed by atoms with E-state index in [1.165, 1.54) is 0 Å². The quantitative estimate of drug-likeness (QED) is 0.302. The second-order valence-electron chi connectivity index (χ2n) is 7.79. The number of esters is 1. The molecule has 0 radical (unpaired) electrons. The minimum Gasteiger partial charge on any atom is -0.457 e. The predicted octanol–water partition coefficient (Wildman–Crippen LogP) is 6.46. The van der Waals surface area contributed by atoms with Crippen LogP contribution in [0, 0.1) is 11.3 Å². The number of alkyl halides is 3. The number of benzene rings is 3. The van der Waals surface area contributed by atoms with Crippen molar-refractivity contribution in [1.82, 2.24) is 0 Å². The highest BCUT2D eigenvalue weighted by Gasteiger charge is 2.46. The van der Waals surface area contributed by atoms with E-state index < -0.39 is 38.2 Å². The number of nitriles is 1. The van der Waals surface area contributed by atoms with Crippen molar-refractivity contribution in [2.75, 3.05) is 0 Å². The molecule has 0 saturated heterocycles. The topological polar surface area (TPSA) is 93.5 Å². The van der Waals surface area contributed by atoms with Gasteiger partial charge in [-0.2, -0.15) is 18.4 Å². The molecule has 188 valence electrons. The van der Waals surface area contributed by atoms with Crippen molar-refractivity contribution in [3.8, 4) is 17.6 Å². The third-order valence-corrected chi connectivity index (χ3v) is 6.75. The first kappa shape index (κ1) is 26.8. The monoisotopic (exact) mass is 517 g/mol. The Balaban J connectivity index is 1.80. The first-order valence-electron chi connectivity index (χ1n) is 10.9. The van der Waals surface area contributed by atoms with Crippen molar-refractivity contribution in [2.24, 2.45) is 0 Å². The Hall–Kier alpha value is -3.84. The Kier molecular flexibility index (Phi) is 8.37. The van der Waals surface area contributed by atoms with Crippen molar-refractivity contribution in [2.45, 2.75) is 42.2 Å². The zero-order valence-electron chi connectivity index (χ0n) is 19.1. The zero-order chi connectivity index (χ0) is 26.3. The lowest BCUT2D eigenvalue weighted by Gasteiger charge is -2.19. The molecule has 0 N–H and O–H groups in total. The van der Waals surface area contributed by atoms with Gasteiger partial charge in [-0.1, -0.05) is 55.8 Å². The molecule has 36 heavy (non-hydrogen) atoms. The number of hydrogen-bond acceptors (Lipinski definition) is 6. The maximum absolute atomic E-state index is 13.0. The molecule has 0 amide bonds. The standard InChI is InChI=1S/C26H22F3NO5S/c1-2-7-23(18-12-14-22(15-13-18)36(32,33)26(27,28)29)25(31)35-24(17-30)19-8-6-11-21(16-19)34-20-9-4-3-5-10-20/h3-6,8-16,23-24H,2,7H2,1H3. The number of nitrogens with zero attached hydrogens (tertiary/aromatic N) is 1. The van der Waals surface area contributed by atoms with Gasteiger partial charge >= 0.3 is 11.5 Å². The van der Waals surface area contributed by atoms with Gasteiger partial charge in [-0.15, -0.1) is 0 Å². The molecule has 0 aliphatic rings. The maximum Gasteiger partial charge on any atom is 0.501 e. The molecule has 6 nitrogen and oxygen atoms in total. The number of hydrogen-bond donors (Lipinski definition) is 0. The normalized spacial score (nSPS) is 13.3. The molecule has 0 fully saturated rings. The van der Waals surface area contributed by atoms with E-state index in [1.807, 2.05) is 12.1 Å². The summed E-state index contributed by atoms with van der Waals surface area (Å²) in [5, 5.41) is 9.65. The SMILES string of the molecule is CCCC(C(=O)OC(C#N)c1cccc(Oc2ccccc2)c1)c1ccc(S(=O)(=O)C(F)(F)F)cc1. The molecule has 10 heteroatoms. The van der Waals surface area contributed by atoms with Gasteiger partial charge in [0.15, 0.2) is 0 Å². The van der Waals surface area contributed by atoms with Gasteiger partial charge in [0.2, 0.25) is 6.10 Å². The van der Waals surface area contributed by atoms with Crippen LogP contribution in [-0.4, -0.2) is 19.9 Å². The van der Waals surface area contributed by atoms with Crippen LogP contribution < -0.4 is 4.74 Å². The first-order valence-corrected chi connectivity index (χ1v) is 12.4. The molecule has 2 atom stereocenters. The van der Waals surface area contributed by atoms with Crippen molar-refractivity contribution in [1.29, 1.82) is 5.26 Å². The predicted molar refractivity (Wildman–Crippen MR) is 125 cm³/mol. The van der Waals surface area contributed by atoms with Gasteiger partial charge in [-0.05, 0) is 48.4 Å². The van der Waals surface area contributed by atoms with Crippen LogP contribution in [0.15, 0.2) is 83.8 Å². The minimum atomic E-state index is -5.51. The van der Waals surface area contributed by atoms with Crippen LogP contribution in [0.5, 0.6) is 11.5 Å². The summed E-state index contributed by atoms with van der Waals surface area (Å²) in [6.07, 6.45) is -0.458. The van der Waals surface area contributed by atoms with E-state index in [0.717, 1.165) is 24.3 Å². The van der Waals surface area contributed by atoms with E-state index in [4.69, 9.17) is 9.47 Å². The molecule has 0 aliphatic heterocycles. The Labute approximate surface area is 206 Å². The molecule has 0 aromatic heterocycles. The lowest BCUT2D eigenvalue weighted by atomic mass is 9.94. The lowest BCUT2D eigenvalue weighted by Crippen LogP contribution is -2.23. The molecular formula is C26H22F3NO5S. The summed E-state index contributed by atoms with van der Waals surface area (Å²) >= 11 is 0. The van der Waals surface area contributed by atoms with Crippen LogP contribution >= 0.6 is 0 Å². The lowest BCUT2D eigenvalue weighted by molar-refractivity contribution is -0.149. The highest BCUT2D eigenvalue weighted by molar-refractivity contribution is 7.92. The summed E-state index contributed by atoms with van der Waals surface area (Å²) in [5.74, 6) is -0.651. The Morgan fingerprint density at radius 3 is 2.17 bits per heavy atom. The number of carbonyl (C=O) groups is 1. The maximum atomic E-state index is 13.0. The Bertz CT molecular complexity index is 1330. The van der Waals surface area contributed by atoms with Gasteiger partial charge in [-0.3, -0.25) is 4.79 Å². The van der Waals surface area contributed by atoms with Gasteiger partial charge < -0.3 is 9.47 Å².